The average molecular weight is 365 g/mol. The molecule has 0 saturated heterocycles. The summed E-state index contributed by atoms with van der Waals surface area (Å²) in [4.78, 5) is 25.6. The Morgan fingerprint density at radius 2 is 2.08 bits per heavy atom. The maximum Gasteiger partial charge on any atom is 0.266 e. The van der Waals surface area contributed by atoms with Crippen LogP contribution in [-0.4, -0.2) is 11.8 Å². The van der Waals surface area contributed by atoms with E-state index in [0.717, 1.165) is 35.3 Å². The van der Waals surface area contributed by atoms with Gasteiger partial charge in [-0.3, -0.25) is 9.59 Å². The minimum absolute atomic E-state index is 0.0219. The number of carbonyl (C=O) groups is 2. The van der Waals surface area contributed by atoms with Gasteiger partial charge in [0.2, 0.25) is 0 Å². The number of carbonyl (C=O) groups excluding carboxylic acids is 2. The van der Waals surface area contributed by atoms with Gasteiger partial charge in [0.05, 0.1) is 5.56 Å². The Balaban J connectivity index is 1.91. The van der Waals surface area contributed by atoms with Crippen molar-refractivity contribution in [2.45, 2.75) is 26.2 Å². The molecule has 2 aromatic rings. The number of fused-ring (bicyclic) bond motifs is 1. The first kappa shape index (κ1) is 17.9. The molecule has 1 unspecified atom stereocenters. The van der Waals surface area contributed by atoms with Gasteiger partial charge in [-0.25, -0.2) is 0 Å². The zero-order chi connectivity index (χ0) is 18.7. The van der Waals surface area contributed by atoms with E-state index in [9.17, 15) is 14.9 Å². The number of rotatable bonds is 4. The van der Waals surface area contributed by atoms with E-state index in [0.29, 0.717) is 16.5 Å². The molecule has 3 rings (SSSR count). The number of amides is 2. The number of benzene rings is 1. The van der Waals surface area contributed by atoms with E-state index in [1.54, 1.807) is 0 Å². The topological polar surface area (TPSA) is 96.0 Å². The fourth-order valence-electron chi connectivity index (χ4n) is 3.13. The van der Waals surface area contributed by atoms with Crippen molar-refractivity contribution >= 4 is 34.2 Å². The zero-order valence-corrected chi connectivity index (χ0v) is 15.2. The highest BCUT2D eigenvalue weighted by molar-refractivity contribution is 7.17. The summed E-state index contributed by atoms with van der Waals surface area (Å²) < 4.78 is 0. The van der Waals surface area contributed by atoms with E-state index < -0.39 is 11.8 Å². The number of hydrogen-bond acceptors (Lipinski definition) is 4. The lowest BCUT2D eigenvalue weighted by Gasteiger charge is -2.18. The third-order valence-electron chi connectivity index (χ3n) is 4.46. The van der Waals surface area contributed by atoms with Gasteiger partial charge in [-0.1, -0.05) is 37.3 Å². The van der Waals surface area contributed by atoms with Gasteiger partial charge >= 0.3 is 0 Å². The van der Waals surface area contributed by atoms with Gasteiger partial charge < -0.3 is 11.1 Å². The Hall–Kier alpha value is -2.91. The fraction of sp³-hybridized carbons (Fsp3) is 0.250. The summed E-state index contributed by atoms with van der Waals surface area (Å²) in [5, 5.41) is 12.5. The summed E-state index contributed by atoms with van der Waals surface area (Å²) in [5.74, 6) is -0.540. The van der Waals surface area contributed by atoms with Crippen molar-refractivity contribution in [1.82, 2.24) is 0 Å². The number of nitrogens with zero attached hydrogens (tertiary/aromatic N) is 1. The molecular weight excluding hydrogens is 346 g/mol. The predicted octanol–water partition coefficient (Wildman–Crippen LogP) is 3.52. The molecule has 1 aromatic carbocycles. The van der Waals surface area contributed by atoms with Crippen LogP contribution in [0, 0.1) is 17.2 Å². The van der Waals surface area contributed by atoms with Crippen molar-refractivity contribution in [1.29, 1.82) is 5.26 Å². The molecule has 0 bridgehead atoms. The van der Waals surface area contributed by atoms with Gasteiger partial charge in [0.15, 0.2) is 0 Å². The molecule has 26 heavy (non-hydrogen) atoms. The van der Waals surface area contributed by atoms with Crippen molar-refractivity contribution in [2.24, 2.45) is 11.7 Å². The molecule has 3 N–H and O–H groups in total. The number of hydrogen-bond donors (Lipinski definition) is 2. The van der Waals surface area contributed by atoms with Gasteiger partial charge in [0.1, 0.15) is 16.6 Å². The molecule has 1 aliphatic rings. The van der Waals surface area contributed by atoms with Gasteiger partial charge in [0.25, 0.3) is 11.8 Å². The highest BCUT2D eigenvalue weighted by Gasteiger charge is 2.27. The van der Waals surface area contributed by atoms with Crippen molar-refractivity contribution in [3.63, 3.8) is 0 Å². The van der Waals surface area contributed by atoms with Crippen molar-refractivity contribution in [3.8, 4) is 6.07 Å². The highest BCUT2D eigenvalue weighted by atomic mass is 32.1. The maximum atomic E-state index is 12.6. The van der Waals surface area contributed by atoms with E-state index >= 15 is 0 Å². The minimum Gasteiger partial charge on any atom is -0.365 e. The van der Waals surface area contributed by atoms with Crippen molar-refractivity contribution in [2.75, 3.05) is 5.32 Å². The molecule has 1 aromatic heterocycles. The van der Waals surface area contributed by atoms with Crippen LogP contribution in [0.2, 0.25) is 0 Å². The van der Waals surface area contributed by atoms with Crippen LogP contribution in [-0.2, 0) is 17.6 Å². The van der Waals surface area contributed by atoms with E-state index in [2.05, 4.69) is 12.2 Å². The number of nitrogens with two attached hydrogens (primary N) is 1. The second-order valence-electron chi connectivity index (χ2n) is 6.45. The van der Waals surface area contributed by atoms with Crippen LogP contribution in [0.1, 0.15) is 39.7 Å². The smallest absolute Gasteiger partial charge is 0.266 e. The molecule has 0 fully saturated rings. The first-order valence-corrected chi connectivity index (χ1v) is 9.23. The Morgan fingerprint density at radius 1 is 1.35 bits per heavy atom. The first-order valence-electron chi connectivity index (χ1n) is 8.42. The molecular formula is C20H19N3O2S. The number of thiophene rings is 1. The van der Waals surface area contributed by atoms with Crippen LogP contribution in [0.15, 0.2) is 35.9 Å². The lowest BCUT2D eigenvalue weighted by atomic mass is 9.88. The maximum absolute atomic E-state index is 12.6. The summed E-state index contributed by atoms with van der Waals surface area (Å²) in [6, 6.07) is 11.1. The zero-order valence-electron chi connectivity index (χ0n) is 14.4. The monoisotopic (exact) mass is 365 g/mol. The number of nitrogens with one attached hydrogen (secondary N) is 1. The number of anilines is 1. The SMILES string of the molecule is CC1CCc2c(sc(NC(=O)/C(C#N)=C/c3ccccc3)c2C(N)=O)C1. The molecule has 6 heteroatoms. The number of nitriles is 1. The normalized spacial score (nSPS) is 16.5. The average Bonchev–Trinajstić information content (AvgIpc) is 2.97. The summed E-state index contributed by atoms with van der Waals surface area (Å²) in [7, 11) is 0. The van der Waals surface area contributed by atoms with Crippen LogP contribution in [0.25, 0.3) is 6.08 Å². The Bertz CT molecular complexity index is 923. The Morgan fingerprint density at radius 3 is 2.73 bits per heavy atom. The summed E-state index contributed by atoms with van der Waals surface area (Å²) in [5.41, 5.74) is 7.64. The predicted molar refractivity (Wildman–Crippen MR) is 103 cm³/mol. The van der Waals surface area contributed by atoms with Gasteiger partial charge in [-0.05, 0) is 42.4 Å². The first-order chi connectivity index (χ1) is 12.5. The minimum atomic E-state index is -0.544. The lowest BCUT2D eigenvalue weighted by Crippen LogP contribution is -2.19. The van der Waals surface area contributed by atoms with E-state index in [-0.39, 0.29) is 5.57 Å². The number of primary amides is 1. The second kappa shape index (κ2) is 7.54. The van der Waals surface area contributed by atoms with Crippen LogP contribution >= 0.6 is 11.3 Å². The molecule has 1 atom stereocenters. The van der Waals surface area contributed by atoms with Crippen molar-refractivity contribution < 1.29 is 9.59 Å². The molecule has 0 aliphatic heterocycles. The van der Waals surface area contributed by atoms with Crippen LogP contribution < -0.4 is 11.1 Å². The third kappa shape index (κ3) is 3.68. The van der Waals surface area contributed by atoms with Crippen LogP contribution in [0.3, 0.4) is 0 Å². The summed E-state index contributed by atoms with van der Waals surface area (Å²) in [6.45, 7) is 2.17. The Kier molecular flexibility index (Phi) is 5.19. The highest BCUT2D eigenvalue weighted by Crippen LogP contribution is 2.39. The third-order valence-corrected chi connectivity index (χ3v) is 5.63. The quantitative estimate of drug-likeness (QED) is 0.641. The molecule has 0 radical (unpaired) electrons. The van der Waals surface area contributed by atoms with Crippen molar-refractivity contribution in [3.05, 3.63) is 57.5 Å². The Labute approximate surface area is 156 Å². The molecule has 2 amide bonds. The van der Waals surface area contributed by atoms with Crippen LogP contribution in [0.5, 0.6) is 0 Å². The molecule has 132 valence electrons. The lowest BCUT2D eigenvalue weighted by molar-refractivity contribution is -0.112. The largest absolute Gasteiger partial charge is 0.365 e. The van der Waals surface area contributed by atoms with E-state index in [1.807, 2.05) is 36.4 Å². The van der Waals surface area contributed by atoms with Gasteiger partial charge in [-0.15, -0.1) is 11.3 Å². The molecule has 1 aliphatic carbocycles. The van der Waals surface area contributed by atoms with Crippen LogP contribution in [0.4, 0.5) is 5.00 Å². The second-order valence-corrected chi connectivity index (χ2v) is 7.56. The van der Waals surface area contributed by atoms with Gasteiger partial charge in [-0.2, -0.15) is 5.26 Å². The fourth-order valence-corrected chi connectivity index (χ4v) is 4.55. The molecule has 0 saturated carbocycles. The standard InChI is InChI=1S/C20H19N3O2S/c1-12-7-8-15-16(9-12)26-20(17(15)18(22)24)23-19(25)14(11-21)10-13-5-3-2-4-6-13/h2-6,10,12H,7-9H2,1H3,(H2,22,24)(H,23,25)/b14-10+. The molecule has 5 nitrogen and oxygen atoms in total. The molecule has 0 spiro atoms. The van der Waals surface area contributed by atoms with E-state index in [4.69, 9.17) is 5.73 Å². The van der Waals surface area contributed by atoms with E-state index in [1.165, 1.54) is 17.4 Å². The summed E-state index contributed by atoms with van der Waals surface area (Å²) in [6.07, 6.45) is 4.18. The molecule has 1 heterocycles. The summed E-state index contributed by atoms with van der Waals surface area (Å²) >= 11 is 1.39. The van der Waals surface area contributed by atoms with Gasteiger partial charge in [0, 0.05) is 4.88 Å².